The molecular formula is C32H37ClN2O6S. The minimum atomic E-state index is -4.42. The van der Waals surface area contributed by atoms with Crippen molar-refractivity contribution < 1.29 is 27.5 Å². The summed E-state index contributed by atoms with van der Waals surface area (Å²) in [4.78, 5) is 27.0. The van der Waals surface area contributed by atoms with E-state index in [1.54, 1.807) is 90.1 Å². The zero-order valence-electron chi connectivity index (χ0n) is 24.7. The number of nitrogens with zero attached hydrogens (tertiary/aromatic N) is 1. The summed E-state index contributed by atoms with van der Waals surface area (Å²) in [7, 11) is -4.42. The van der Waals surface area contributed by atoms with Crippen LogP contribution in [0.4, 0.5) is 5.69 Å². The Balaban J connectivity index is 1.81. The van der Waals surface area contributed by atoms with E-state index < -0.39 is 51.2 Å². The van der Waals surface area contributed by atoms with E-state index in [1.165, 1.54) is 12.1 Å². The van der Waals surface area contributed by atoms with Gasteiger partial charge in [0.2, 0.25) is 10.0 Å². The highest BCUT2D eigenvalue weighted by Crippen LogP contribution is 2.58. The van der Waals surface area contributed by atoms with Crippen LogP contribution < -0.4 is 5.73 Å². The van der Waals surface area contributed by atoms with Gasteiger partial charge < -0.3 is 15.2 Å². The maximum atomic E-state index is 14.4. The number of ether oxygens (including phenoxy) is 2. The fraction of sp³-hybridized carbons (Fsp3) is 0.375. The van der Waals surface area contributed by atoms with Crippen LogP contribution >= 0.6 is 11.6 Å². The number of anilines is 1. The molecule has 3 aromatic carbocycles. The van der Waals surface area contributed by atoms with Crippen LogP contribution in [-0.4, -0.2) is 47.9 Å². The summed E-state index contributed by atoms with van der Waals surface area (Å²) in [6.07, 6.45) is 0.122. The van der Waals surface area contributed by atoms with Crippen LogP contribution in [0.15, 0.2) is 77.7 Å². The first-order valence-corrected chi connectivity index (χ1v) is 15.4. The van der Waals surface area contributed by atoms with E-state index in [-0.39, 0.29) is 11.3 Å². The van der Waals surface area contributed by atoms with Crippen molar-refractivity contribution in [3.8, 4) is 11.1 Å². The molecule has 42 heavy (non-hydrogen) atoms. The van der Waals surface area contributed by atoms with Gasteiger partial charge in [-0.2, -0.15) is 4.31 Å². The first kappa shape index (κ1) is 31.5. The number of carbonyl (C=O) groups excluding carboxylic acids is 2. The molecule has 0 bridgehead atoms. The standard InChI is InChI=1S/C32H37ClN2O6S/c1-30(2,3)40-28(36)20-35(42(38,39)26-17-11-22(12-18-26)21-7-13-24(33)14-8-21)32(29(37)41-31(4,5)6)19-27(32)23-9-15-25(34)16-10-23/h7-18,27H,19-20,34H2,1-6H3/t27-,32+/m1/s1. The maximum Gasteiger partial charge on any atom is 0.328 e. The lowest BCUT2D eigenvalue weighted by Crippen LogP contribution is -2.53. The molecule has 3 aromatic rings. The Labute approximate surface area is 252 Å². The molecule has 2 atom stereocenters. The number of nitrogens with two attached hydrogens (primary N) is 1. The van der Waals surface area contributed by atoms with Gasteiger partial charge >= 0.3 is 11.9 Å². The van der Waals surface area contributed by atoms with Crippen LogP contribution in [0.3, 0.4) is 0 Å². The number of halogens is 1. The summed E-state index contributed by atoms with van der Waals surface area (Å²) in [5.74, 6) is -2.09. The van der Waals surface area contributed by atoms with E-state index >= 15 is 0 Å². The fourth-order valence-corrected chi connectivity index (χ4v) is 6.71. The molecule has 0 spiro atoms. The second-order valence-corrected chi connectivity index (χ2v) is 14.8. The van der Waals surface area contributed by atoms with Crippen LogP contribution in [0.2, 0.25) is 5.02 Å². The molecular weight excluding hydrogens is 576 g/mol. The van der Waals surface area contributed by atoms with Crippen molar-refractivity contribution in [3.63, 3.8) is 0 Å². The highest BCUT2D eigenvalue weighted by molar-refractivity contribution is 7.89. The number of carbonyl (C=O) groups is 2. The minimum absolute atomic E-state index is 0.0744. The van der Waals surface area contributed by atoms with E-state index in [0.29, 0.717) is 16.3 Å². The van der Waals surface area contributed by atoms with Crippen LogP contribution in [0.25, 0.3) is 11.1 Å². The lowest BCUT2D eigenvalue weighted by molar-refractivity contribution is -0.163. The van der Waals surface area contributed by atoms with Crippen molar-refractivity contribution in [2.45, 2.75) is 75.5 Å². The smallest absolute Gasteiger partial charge is 0.328 e. The third kappa shape index (κ3) is 6.97. The average Bonchev–Trinajstić information content (AvgIpc) is 3.63. The normalized spacial score (nSPS) is 18.9. The Morgan fingerprint density at radius 1 is 0.857 bits per heavy atom. The molecule has 8 nitrogen and oxygen atoms in total. The van der Waals surface area contributed by atoms with Gasteiger partial charge in [0.1, 0.15) is 23.3 Å². The van der Waals surface area contributed by atoms with Crippen LogP contribution in [-0.2, 0) is 29.1 Å². The molecule has 224 valence electrons. The summed E-state index contributed by atoms with van der Waals surface area (Å²) < 4.78 is 41.0. The molecule has 0 unspecified atom stereocenters. The maximum absolute atomic E-state index is 14.4. The zero-order chi connectivity index (χ0) is 31.1. The Morgan fingerprint density at radius 3 is 1.86 bits per heavy atom. The largest absolute Gasteiger partial charge is 0.459 e. The van der Waals surface area contributed by atoms with Crippen molar-refractivity contribution in [1.29, 1.82) is 0 Å². The summed E-state index contributed by atoms with van der Waals surface area (Å²) in [6.45, 7) is 9.53. The van der Waals surface area contributed by atoms with Crippen molar-refractivity contribution in [2.24, 2.45) is 0 Å². The number of sulfonamides is 1. The number of benzene rings is 3. The number of esters is 2. The van der Waals surface area contributed by atoms with E-state index in [1.807, 2.05) is 12.1 Å². The molecule has 2 N–H and O–H groups in total. The highest BCUT2D eigenvalue weighted by atomic mass is 35.5. The van der Waals surface area contributed by atoms with Gasteiger partial charge in [-0.1, -0.05) is 48.0 Å². The van der Waals surface area contributed by atoms with Gasteiger partial charge in [0, 0.05) is 16.6 Å². The molecule has 0 amide bonds. The van der Waals surface area contributed by atoms with Gasteiger partial charge in [0.25, 0.3) is 0 Å². The van der Waals surface area contributed by atoms with Crippen LogP contribution in [0.1, 0.15) is 59.4 Å². The quantitative estimate of drug-likeness (QED) is 0.238. The molecule has 0 aromatic heterocycles. The summed E-state index contributed by atoms with van der Waals surface area (Å²) >= 11 is 6.01. The third-order valence-electron chi connectivity index (χ3n) is 6.78. The monoisotopic (exact) mass is 612 g/mol. The Morgan fingerprint density at radius 2 is 1.36 bits per heavy atom. The predicted octanol–water partition coefficient (Wildman–Crippen LogP) is 6.19. The van der Waals surface area contributed by atoms with Crippen molar-refractivity contribution in [1.82, 2.24) is 4.31 Å². The van der Waals surface area contributed by atoms with Crippen LogP contribution in [0.5, 0.6) is 0 Å². The second-order valence-electron chi connectivity index (χ2n) is 12.5. The summed E-state index contributed by atoms with van der Waals surface area (Å²) in [5, 5.41) is 0.586. The van der Waals surface area contributed by atoms with Crippen LogP contribution in [0, 0.1) is 0 Å². The Kier molecular flexibility index (Phi) is 8.53. The molecule has 4 rings (SSSR count). The Hall–Kier alpha value is -3.40. The summed E-state index contributed by atoms with van der Waals surface area (Å²) in [6, 6.07) is 20.3. The van der Waals surface area contributed by atoms with Crippen molar-refractivity contribution in [2.75, 3.05) is 12.3 Å². The molecule has 0 radical (unpaired) electrons. The van der Waals surface area contributed by atoms with Gasteiger partial charge in [-0.05, 0) is 101 Å². The van der Waals surface area contributed by atoms with Gasteiger partial charge in [-0.15, -0.1) is 0 Å². The number of rotatable bonds is 8. The molecule has 1 aliphatic rings. The molecule has 1 saturated carbocycles. The van der Waals surface area contributed by atoms with Gasteiger partial charge in [0.15, 0.2) is 0 Å². The van der Waals surface area contributed by atoms with Gasteiger partial charge in [-0.3, -0.25) is 4.79 Å². The SMILES string of the molecule is CC(C)(C)OC(=O)CN([C@@]1(C(=O)OC(C)(C)C)C[C@@H]1c1ccc(N)cc1)S(=O)(=O)c1ccc(-c2ccc(Cl)cc2)cc1. The van der Waals surface area contributed by atoms with Gasteiger partial charge in [0.05, 0.1) is 4.90 Å². The van der Waals surface area contributed by atoms with E-state index in [0.717, 1.165) is 15.4 Å². The molecule has 0 aliphatic heterocycles. The molecule has 0 saturated heterocycles. The molecule has 10 heteroatoms. The lowest BCUT2D eigenvalue weighted by Gasteiger charge is -2.33. The molecule has 0 heterocycles. The first-order chi connectivity index (χ1) is 19.4. The number of hydrogen-bond donors (Lipinski definition) is 1. The van der Waals surface area contributed by atoms with Gasteiger partial charge in [-0.25, -0.2) is 13.2 Å². The Bertz CT molecular complexity index is 1560. The molecule has 1 fully saturated rings. The highest BCUT2D eigenvalue weighted by Gasteiger charge is 2.69. The van der Waals surface area contributed by atoms with Crippen molar-refractivity contribution in [3.05, 3.63) is 83.4 Å². The second kappa shape index (κ2) is 11.4. The minimum Gasteiger partial charge on any atom is -0.459 e. The predicted molar refractivity (Wildman–Crippen MR) is 163 cm³/mol. The van der Waals surface area contributed by atoms with E-state index in [9.17, 15) is 18.0 Å². The summed E-state index contributed by atoms with van der Waals surface area (Å²) in [5.41, 5.74) is 5.30. The first-order valence-electron chi connectivity index (χ1n) is 13.6. The fourth-order valence-electron chi connectivity index (χ4n) is 4.86. The topological polar surface area (TPSA) is 116 Å². The molecule has 1 aliphatic carbocycles. The third-order valence-corrected chi connectivity index (χ3v) is 8.94. The number of nitrogen functional groups attached to an aromatic ring is 1. The lowest BCUT2D eigenvalue weighted by atomic mass is 10.0. The van der Waals surface area contributed by atoms with Crippen molar-refractivity contribution >= 4 is 39.3 Å². The zero-order valence-corrected chi connectivity index (χ0v) is 26.3. The number of hydrogen-bond acceptors (Lipinski definition) is 7. The van der Waals surface area contributed by atoms with E-state index in [2.05, 4.69) is 0 Å². The van der Waals surface area contributed by atoms with E-state index in [4.69, 9.17) is 26.8 Å². The average molecular weight is 613 g/mol.